The number of rotatable bonds is 72. The largest absolute Gasteiger partial charge is 0.494 e. The summed E-state index contributed by atoms with van der Waals surface area (Å²) < 4.78 is 77.5. The molecule has 18 heteroatoms. The zero-order valence-corrected chi connectivity index (χ0v) is 77.9. The van der Waals surface area contributed by atoms with E-state index in [2.05, 4.69) is 41.5 Å². The lowest BCUT2D eigenvalue weighted by Crippen LogP contribution is -2.69. The number of carbonyl (C=O) groups is 6. The monoisotopic (exact) mass is 1740 g/mol. The number of ether oxygens (including phenoxy) is 12. The molecule has 696 valence electrons. The average molecular weight is 1740 g/mol. The van der Waals surface area contributed by atoms with E-state index in [4.69, 9.17) is 56.8 Å². The third-order valence-electron chi connectivity index (χ3n) is 23.5. The number of carbonyl (C=O) groups excluding carboxylic acids is 6. The van der Waals surface area contributed by atoms with Crippen molar-refractivity contribution in [3.63, 3.8) is 0 Å². The maximum absolute atomic E-state index is 15.6. The molecule has 0 aromatic heterocycles. The second-order valence-corrected chi connectivity index (χ2v) is 34.3. The van der Waals surface area contributed by atoms with Crippen molar-refractivity contribution in [1.29, 1.82) is 0 Å². The van der Waals surface area contributed by atoms with Crippen LogP contribution in [0, 0.1) is 0 Å². The summed E-state index contributed by atoms with van der Waals surface area (Å²) in [6, 6.07) is 37.9. The Labute approximate surface area is 756 Å². The maximum Gasteiger partial charge on any atom is 0.338 e. The predicted molar refractivity (Wildman–Crippen MR) is 503 cm³/mol. The minimum absolute atomic E-state index is 0.00925. The fraction of sp³-hybridized carbons (Fsp3) is 0.611. The van der Waals surface area contributed by atoms with Crippen LogP contribution in [-0.2, 0) is 28.4 Å². The number of esters is 6. The van der Waals surface area contributed by atoms with Gasteiger partial charge in [0.15, 0.2) is 36.6 Å². The fourth-order valence-electron chi connectivity index (χ4n) is 15.8. The molecule has 7 rings (SSSR count). The quantitative estimate of drug-likeness (QED) is 0.0197. The number of unbranched alkanes of at least 4 members (excludes halogenated alkanes) is 42. The number of hydrogen-bond acceptors (Lipinski definition) is 18. The van der Waals surface area contributed by atoms with Gasteiger partial charge in [-0.2, -0.15) is 0 Å². The van der Waals surface area contributed by atoms with Crippen LogP contribution < -0.4 is 28.4 Å². The van der Waals surface area contributed by atoms with Gasteiger partial charge in [-0.3, -0.25) is 0 Å². The first-order valence-corrected chi connectivity index (χ1v) is 49.5. The summed E-state index contributed by atoms with van der Waals surface area (Å²) in [6.07, 6.45) is 41.4. The first kappa shape index (κ1) is 104. The summed E-state index contributed by atoms with van der Waals surface area (Å²) in [5.41, 5.74) is -0.0555. The Hall–Kier alpha value is -9.06. The van der Waals surface area contributed by atoms with Gasteiger partial charge in [-0.25, -0.2) is 28.8 Å². The van der Waals surface area contributed by atoms with Crippen molar-refractivity contribution in [2.75, 3.05) is 39.6 Å². The third-order valence-corrected chi connectivity index (χ3v) is 23.5. The van der Waals surface area contributed by atoms with Gasteiger partial charge in [0.25, 0.3) is 0 Å². The number of benzene rings is 6. The lowest BCUT2D eigenvalue weighted by atomic mass is 9.83. The normalized spacial score (nSPS) is 15.4. The van der Waals surface area contributed by atoms with E-state index in [9.17, 15) is 0 Å². The van der Waals surface area contributed by atoms with Crippen LogP contribution in [0.25, 0.3) is 0 Å². The lowest BCUT2D eigenvalue weighted by molar-refractivity contribution is -0.223. The molecule has 1 fully saturated rings. The molecule has 1 aliphatic rings. The van der Waals surface area contributed by atoms with Crippen LogP contribution in [0.15, 0.2) is 146 Å². The van der Waals surface area contributed by atoms with Gasteiger partial charge in [-0.15, -0.1) is 0 Å². The van der Waals surface area contributed by atoms with Gasteiger partial charge in [-0.05, 0) is 184 Å². The maximum atomic E-state index is 15.6. The molecule has 6 aromatic rings. The SMILES string of the molecule is CCCCCCCCCCOc1ccc(C(=O)OC2C(OC(=O)c3ccc(OCCCCCCCCCC)cc3)C(OC(=O)c3ccc(OCCCCCCCCCC)cc3)C(OC(=O)c3ccc(OCCCCCCCCCC)cc3)C(OC(=O)c3ccc(OCCCCCCCCCC)cc3)C2OC(=O)c2ccc(OCCCCCCCCCC)cc2)cc1. The predicted octanol–water partition coefficient (Wildman–Crippen LogP) is 28.5. The van der Waals surface area contributed by atoms with Crippen LogP contribution >= 0.6 is 0 Å². The van der Waals surface area contributed by atoms with Crippen molar-refractivity contribution in [3.8, 4) is 34.5 Å². The Morgan fingerprint density at radius 3 is 0.373 bits per heavy atom. The molecule has 0 amide bonds. The van der Waals surface area contributed by atoms with Crippen LogP contribution in [0.1, 0.15) is 412 Å². The van der Waals surface area contributed by atoms with Crippen LogP contribution in [0.3, 0.4) is 0 Å². The molecule has 6 aromatic carbocycles. The zero-order valence-electron chi connectivity index (χ0n) is 77.9. The molecule has 1 saturated carbocycles. The molecule has 0 unspecified atom stereocenters. The summed E-state index contributed by atoms with van der Waals surface area (Å²) in [6.45, 7) is 16.0. The van der Waals surface area contributed by atoms with Gasteiger partial charge in [0.1, 0.15) is 34.5 Å². The van der Waals surface area contributed by atoms with Gasteiger partial charge in [-0.1, -0.05) is 311 Å². The van der Waals surface area contributed by atoms with Gasteiger partial charge < -0.3 is 56.8 Å². The Morgan fingerprint density at radius 2 is 0.262 bits per heavy atom. The fourth-order valence-corrected chi connectivity index (χ4v) is 15.8. The molecule has 0 heterocycles. The van der Waals surface area contributed by atoms with E-state index in [1.165, 1.54) is 227 Å². The minimum Gasteiger partial charge on any atom is -0.494 e. The van der Waals surface area contributed by atoms with Crippen LogP contribution in [0.5, 0.6) is 34.5 Å². The third kappa shape index (κ3) is 41.8. The second kappa shape index (κ2) is 65.5. The molecule has 0 radical (unpaired) electrons. The van der Waals surface area contributed by atoms with E-state index in [0.29, 0.717) is 74.1 Å². The van der Waals surface area contributed by atoms with Gasteiger partial charge in [0.05, 0.1) is 73.0 Å². The second-order valence-electron chi connectivity index (χ2n) is 34.3. The highest BCUT2D eigenvalue weighted by molar-refractivity contribution is 5.94. The van der Waals surface area contributed by atoms with Crippen molar-refractivity contribution >= 4 is 35.8 Å². The topological polar surface area (TPSA) is 213 Å². The Balaban J connectivity index is 1.34. The Kier molecular flexibility index (Phi) is 54.1. The van der Waals surface area contributed by atoms with Gasteiger partial charge in [0.2, 0.25) is 0 Å². The molecule has 0 atom stereocenters. The molecular formula is C108H156O18. The van der Waals surface area contributed by atoms with Crippen LogP contribution in [0.2, 0.25) is 0 Å². The van der Waals surface area contributed by atoms with E-state index in [0.717, 1.165) is 154 Å². The highest BCUT2D eigenvalue weighted by Gasteiger charge is 2.62. The van der Waals surface area contributed by atoms with E-state index in [1.807, 2.05) is 0 Å². The van der Waals surface area contributed by atoms with E-state index < -0.39 is 72.4 Å². The molecular weight excluding hydrogens is 1590 g/mol. The summed E-state index contributed by atoms with van der Waals surface area (Å²) in [5, 5.41) is 0. The summed E-state index contributed by atoms with van der Waals surface area (Å²) in [5.74, 6) is -3.15. The van der Waals surface area contributed by atoms with E-state index in [-0.39, 0.29) is 33.4 Å². The lowest BCUT2D eigenvalue weighted by Gasteiger charge is -2.47. The van der Waals surface area contributed by atoms with Crippen molar-refractivity contribution in [1.82, 2.24) is 0 Å². The van der Waals surface area contributed by atoms with Crippen molar-refractivity contribution < 1.29 is 85.6 Å². The highest BCUT2D eigenvalue weighted by atomic mass is 16.7. The van der Waals surface area contributed by atoms with Crippen molar-refractivity contribution in [3.05, 3.63) is 179 Å². The summed E-state index contributed by atoms with van der Waals surface area (Å²) >= 11 is 0. The minimum atomic E-state index is -2.06. The van der Waals surface area contributed by atoms with E-state index >= 15 is 28.8 Å². The van der Waals surface area contributed by atoms with E-state index in [1.54, 1.807) is 72.8 Å². The highest BCUT2D eigenvalue weighted by Crippen LogP contribution is 2.39. The number of hydrogen-bond donors (Lipinski definition) is 0. The molecule has 0 bridgehead atoms. The standard InChI is InChI=1S/C108H156O18/c1-7-13-19-25-31-37-43-49-79-115-91-67-55-85(56-68-91)103(109)121-97-98(122-104(110)86-57-69-92(70-58-86)116-80-50-44-38-32-26-20-14-8-2)100(124-106(112)88-61-73-94(74-62-88)118-82-52-46-40-34-28-22-16-10-4)102(126-108(114)90-65-77-96(78-66-90)120-84-54-48-42-36-30-24-18-12-6)101(125-107(113)89-63-75-95(76-64-89)119-83-53-47-41-35-29-23-17-11-5)99(97)123-105(111)87-59-71-93(72-60-87)117-81-51-45-39-33-27-21-15-9-3/h55-78,97-102H,7-54,79-84H2,1-6H3. The van der Waals surface area contributed by atoms with Gasteiger partial charge in [0, 0.05) is 0 Å². The Morgan fingerprint density at radius 1 is 0.159 bits per heavy atom. The molecule has 1 aliphatic carbocycles. The molecule has 126 heavy (non-hydrogen) atoms. The average Bonchev–Trinajstić information content (AvgIpc) is 0.747. The first-order valence-electron chi connectivity index (χ1n) is 49.5. The molecule has 0 spiro atoms. The van der Waals surface area contributed by atoms with Gasteiger partial charge >= 0.3 is 35.8 Å². The summed E-state index contributed by atoms with van der Waals surface area (Å²) in [7, 11) is 0. The van der Waals surface area contributed by atoms with Crippen molar-refractivity contribution in [2.45, 2.75) is 386 Å². The van der Waals surface area contributed by atoms with Crippen molar-refractivity contribution in [2.24, 2.45) is 0 Å². The first-order chi connectivity index (χ1) is 61.9. The molecule has 0 aliphatic heterocycles. The summed E-state index contributed by atoms with van der Waals surface area (Å²) in [4.78, 5) is 93.4. The molecule has 0 N–H and O–H groups in total. The zero-order chi connectivity index (χ0) is 89.5. The smallest absolute Gasteiger partial charge is 0.338 e. The molecule has 0 saturated heterocycles. The van der Waals surface area contributed by atoms with Crippen LogP contribution in [-0.4, -0.2) is 112 Å². The molecule has 18 nitrogen and oxygen atoms in total. The van der Waals surface area contributed by atoms with Crippen LogP contribution in [0.4, 0.5) is 0 Å². The Bertz CT molecular complexity index is 3180.